The molecule has 0 spiro atoms. The van der Waals surface area contributed by atoms with Crippen molar-refractivity contribution in [1.82, 2.24) is 20.2 Å². The average Bonchev–Trinajstić information content (AvgIpc) is 2.96. The largest absolute Gasteiger partial charge is 0.470 e. The highest BCUT2D eigenvalue weighted by Crippen LogP contribution is 2.18. The minimum absolute atomic E-state index is 0.0123. The fourth-order valence-electron chi connectivity index (χ4n) is 2.43. The summed E-state index contributed by atoms with van der Waals surface area (Å²) in [6.07, 6.45) is 6.88. The second-order valence-electron chi connectivity index (χ2n) is 5.19. The Morgan fingerprint density at radius 1 is 1.50 bits per heavy atom. The molecule has 1 fully saturated rings. The Kier molecular flexibility index (Phi) is 5.27. The Hall–Kier alpha value is -2.21. The zero-order valence-corrected chi connectivity index (χ0v) is 13.2. The number of allylic oxidation sites excluding steroid dienone is 1. The highest BCUT2D eigenvalue weighted by molar-refractivity contribution is 5.73. The first-order chi connectivity index (χ1) is 10.6. The normalized spacial score (nSPS) is 21.0. The van der Waals surface area contributed by atoms with Gasteiger partial charge < -0.3 is 15.0 Å². The fourth-order valence-corrected chi connectivity index (χ4v) is 2.43. The maximum atomic E-state index is 11.5. The number of likely N-dealkylation sites (N-methyl/N-ethyl adjacent to an activating group) is 1. The van der Waals surface area contributed by atoms with Crippen molar-refractivity contribution in [3.05, 3.63) is 30.2 Å². The van der Waals surface area contributed by atoms with E-state index in [4.69, 9.17) is 4.74 Å². The van der Waals surface area contributed by atoms with Crippen LogP contribution in [0.4, 0.5) is 0 Å². The van der Waals surface area contributed by atoms with Gasteiger partial charge in [0, 0.05) is 27.1 Å². The lowest BCUT2D eigenvalue weighted by Crippen LogP contribution is -2.45. The minimum Gasteiger partial charge on any atom is -0.470 e. The Labute approximate surface area is 130 Å². The molecule has 6 heteroatoms. The first kappa shape index (κ1) is 16.2. The topological polar surface area (TPSA) is 67.3 Å². The molecule has 0 saturated carbocycles. The van der Waals surface area contributed by atoms with Gasteiger partial charge in [-0.05, 0) is 19.1 Å². The molecule has 2 atom stereocenters. The minimum atomic E-state index is -0.145. The van der Waals surface area contributed by atoms with Gasteiger partial charge in [0.1, 0.15) is 6.10 Å². The smallest absolute Gasteiger partial charge is 0.233 e. The molecule has 1 N–H and O–H groups in total. The van der Waals surface area contributed by atoms with E-state index in [1.54, 1.807) is 31.1 Å². The van der Waals surface area contributed by atoms with Crippen molar-refractivity contribution in [1.29, 1.82) is 0 Å². The van der Waals surface area contributed by atoms with E-state index in [2.05, 4.69) is 21.9 Å². The third-order valence-corrected chi connectivity index (χ3v) is 3.72. The van der Waals surface area contributed by atoms with Crippen LogP contribution in [0, 0.1) is 0 Å². The molecule has 6 nitrogen and oxygen atoms in total. The highest BCUT2D eigenvalue weighted by atomic mass is 16.5. The number of rotatable bonds is 5. The van der Waals surface area contributed by atoms with Gasteiger partial charge in [-0.3, -0.25) is 4.79 Å². The first-order valence-corrected chi connectivity index (χ1v) is 7.29. The third-order valence-electron chi connectivity index (χ3n) is 3.72. The molecule has 1 aliphatic heterocycles. The summed E-state index contributed by atoms with van der Waals surface area (Å²) in [7, 11) is 1.78. The molecule has 0 aromatic carbocycles. The molecule has 1 amide bonds. The van der Waals surface area contributed by atoms with Crippen molar-refractivity contribution in [2.24, 2.45) is 0 Å². The van der Waals surface area contributed by atoms with E-state index in [9.17, 15) is 4.79 Å². The SMILES string of the molecule is C=Cc1nc(OC2CNCC2N(C)C(C)=O)cnc1/C=C\C. The maximum absolute atomic E-state index is 11.5. The number of nitrogens with zero attached hydrogens (tertiary/aromatic N) is 3. The molecule has 1 aliphatic rings. The molecular formula is C16H22N4O2. The second-order valence-corrected chi connectivity index (χ2v) is 5.19. The van der Waals surface area contributed by atoms with Crippen LogP contribution in [-0.2, 0) is 4.79 Å². The van der Waals surface area contributed by atoms with Crippen molar-refractivity contribution < 1.29 is 9.53 Å². The quantitative estimate of drug-likeness (QED) is 0.889. The first-order valence-electron chi connectivity index (χ1n) is 7.29. The lowest BCUT2D eigenvalue weighted by molar-refractivity contribution is -0.130. The van der Waals surface area contributed by atoms with Gasteiger partial charge in [-0.15, -0.1) is 0 Å². The van der Waals surface area contributed by atoms with Crippen LogP contribution < -0.4 is 10.1 Å². The van der Waals surface area contributed by atoms with Gasteiger partial charge in [0.05, 0.1) is 23.6 Å². The van der Waals surface area contributed by atoms with Gasteiger partial charge in [-0.2, -0.15) is 0 Å². The summed E-state index contributed by atoms with van der Waals surface area (Å²) in [5.41, 5.74) is 1.44. The molecule has 1 saturated heterocycles. The van der Waals surface area contributed by atoms with Crippen LogP contribution in [-0.4, -0.2) is 53.1 Å². The zero-order valence-electron chi connectivity index (χ0n) is 13.2. The molecule has 2 rings (SSSR count). The zero-order chi connectivity index (χ0) is 16.1. The average molecular weight is 302 g/mol. The van der Waals surface area contributed by atoms with Gasteiger partial charge in [0.15, 0.2) is 0 Å². The molecule has 0 radical (unpaired) electrons. The number of amides is 1. The van der Waals surface area contributed by atoms with Crippen molar-refractivity contribution in [3.8, 4) is 5.88 Å². The summed E-state index contributed by atoms with van der Waals surface area (Å²) >= 11 is 0. The Morgan fingerprint density at radius 3 is 2.91 bits per heavy atom. The summed E-state index contributed by atoms with van der Waals surface area (Å²) in [5.74, 6) is 0.461. The Morgan fingerprint density at radius 2 is 2.27 bits per heavy atom. The van der Waals surface area contributed by atoms with Gasteiger partial charge in [0.2, 0.25) is 11.8 Å². The van der Waals surface area contributed by atoms with Crippen molar-refractivity contribution in [2.75, 3.05) is 20.1 Å². The summed E-state index contributed by atoms with van der Waals surface area (Å²) in [6.45, 7) is 8.61. The molecule has 2 unspecified atom stereocenters. The number of nitrogens with one attached hydrogen (secondary N) is 1. The molecular weight excluding hydrogens is 280 g/mol. The third kappa shape index (κ3) is 3.51. The summed E-state index contributed by atoms with van der Waals surface area (Å²) < 4.78 is 5.93. The number of aromatic nitrogens is 2. The Balaban J connectivity index is 2.16. The van der Waals surface area contributed by atoms with Crippen LogP contribution in [0.1, 0.15) is 25.2 Å². The van der Waals surface area contributed by atoms with E-state index >= 15 is 0 Å². The van der Waals surface area contributed by atoms with Gasteiger partial charge in [-0.25, -0.2) is 9.97 Å². The lowest BCUT2D eigenvalue weighted by atomic mass is 10.2. The van der Waals surface area contributed by atoms with E-state index in [0.717, 1.165) is 5.69 Å². The van der Waals surface area contributed by atoms with Gasteiger partial charge in [-0.1, -0.05) is 12.7 Å². The molecule has 2 heterocycles. The number of hydrogen-bond donors (Lipinski definition) is 1. The van der Waals surface area contributed by atoms with Crippen molar-refractivity contribution in [3.63, 3.8) is 0 Å². The van der Waals surface area contributed by atoms with E-state index in [-0.39, 0.29) is 18.1 Å². The van der Waals surface area contributed by atoms with Crippen LogP contribution >= 0.6 is 0 Å². The number of ether oxygens (including phenoxy) is 1. The fraction of sp³-hybridized carbons (Fsp3) is 0.438. The van der Waals surface area contributed by atoms with Crippen molar-refractivity contribution >= 4 is 18.1 Å². The van der Waals surface area contributed by atoms with Gasteiger partial charge in [0.25, 0.3) is 0 Å². The molecule has 118 valence electrons. The summed E-state index contributed by atoms with van der Waals surface area (Å²) in [5, 5.41) is 3.24. The number of carbonyl (C=O) groups is 1. The van der Waals surface area contributed by atoms with Crippen molar-refractivity contribution in [2.45, 2.75) is 26.0 Å². The number of carbonyl (C=O) groups excluding carboxylic acids is 1. The van der Waals surface area contributed by atoms with Crippen LogP contribution in [0.2, 0.25) is 0 Å². The monoisotopic (exact) mass is 302 g/mol. The Bertz CT molecular complexity index is 586. The second kappa shape index (κ2) is 7.17. The number of hydrogen-bond acceptors (Lipinski definition) is 5. The lowest BCUT2D eigenvalue weighted by Gasteiger charge is -2.27. The van der Waals surface area contributed by atoms with Crippen LogP contribution in [0.5, 0.6) is 5.88 Å². The molecule has 1 aromatic heterocycles. The standard InChI is InChI=1S/C16H22N4O2/c1-5-7-13-12(6-2)19-16(10-18-13)22-15-9-17-8-14(15)20(4)11(3)21/h5-7,10,14-15,17H,2,8-9H2,1,3-4H3/b7-5-. The summed E-state index contributed by atoms with van der Waals surface area (Å²) in [6, 6.07) is -0.0123. The maximum Gasteiger partial charge on any atom is 0.233 e. The van der Waals surface area contributed by atoms with E-state index in [1.807, 2.05) is 19.1 Å². The van der Waals surface area contributed by atoms with Crippen LogP contribution in [0.15, 0.2) is 18.9 Å². The summed E-state index contributed by atoms with van der Waals surface area (Å²) in [4.78, 5) is 22.0. The molecule has 22 heavy (non-hydrogen) atoms. The van der Waals surface area contributed by atoms with E-state index in [0.29, 0.717) is 24.7 Å². The predicted octanol–water partition coefficient (Wildman–Crippen LogP) is 1.35. The van der Waals surface area contributed by atoms with E-state index in [1.165, 1.54) is 0 Å². The predicted molar refractivity (Wildman–Crippen MR) is 86.3 cm³/mol. The molecule has 1 aromatic rings. The molecule has 0 bridgehead atoms. The van der Waals surface area contributed by atoms with Gasteiger partial charge >= 0.3 is 0 Å². The van der Waals surface area contributed by atoms with Crippen LogP contribution in [0.25, 0.3) is 12.2 Å². The van der Waals surface area contributed by atoms with Crippen LogP contribution in [0.3, 0.4) is 0 Å². The highest BCUT2D eigenvalue weighted by Gasteiger charge is 2.33. The molecule has 0 aliphatic carbocycles. The van der Waals surface area contributed by atoms with E-state index < -0.39 is 0 Å².